The number of anilines is 1. The molecule has 1 fully saturated rings. The van der Waals surface area contributed by atoms with Crippen molar-refractivity contribution in [1.29, 1.82) is 0 Å². The zero-order valence-corrected chi connectivity index (χ0v) is 13.2. The number of rotatable bonds is 2. The number of amides is 1. The first kappa shape index (κ1) is 14.6. The van der Waals surface area contributed by atoms with Gasteiger partial charge in [0.05, 0.1) is 17.3 Å². The summed E-state index contributed by atoms with van der Waals surface area (Å²) in [6.45, 7) is 3.04. The van der Waals surface area contributed by atoms with Gasteiger partial charge in [-0.1, -0.05) is 6.07 Å². The number of hydrogen-bond donors (Lipinski definition) is 1. The van der Waals surface area contributed by atoms with Gasteiger partial charge in [0, 0.05) is 37.8 Å². The third-order valence-corrected chi connectivity index (χ3v) is 4.38. The summed E-state index contributed by atoms with van der Waals surface area (Å²) in [6, 6.07) is 9.52. The van der Waals surface area contributed by atoms with E-state index in [-0.39, 0.29) is 5.91 Å². The Morgan fingerprint density at radius 3 is 2.92 bits per heavy atom. The number of fused-ring (bicyclic) bond motifs is 1. The average Bonchev–Trinajstić information content (AvgIpc) is 2.98. The molecule has 1 N–H and O–H groups in total. The maximum atomic E-state index is 12.9. The third kappa shape index (κ3) is 2.68. The summed E-state index contributed by atoms with van der Waals surface area (Å²) in [6.07, 6.45) is 4.29. The molecule has 24 heavy (non-hydrogen) atoms. The Kier molecular flexibility index (Phi) is 3.82. The van der Waals surface area contributed by atoms with E-state index >= 15 is 0 Å². The van der Waals surface area contributed by atoms with Crippen LogP contribution >= 0.6 is 0 Å². The number of benzene rings is 1. The Morgan fingerprint density at radius 2 is 2.04 bits per heavy atom. The summed E-state index contributed by atoms with van der Waals surface area (Å²) in [5.41, 5.74) is 1.59. The highest BCUT2D eigenvalue weighted by Crippen LogP contribution is 2.19. The molecule has 0 radical (unpaired) electrons. The number of carbonyl (C=O) groups is 1. The van der Waals surface area contributed by atoms with E-state index in [1.807, 2.05) is 35.2 Å². The van der Waals surface area contributed by atoms with Crippen LogP contribution in [0, 0.1) is 0 Å². The average molecular weight is 322 g/mol. The highest BCUT2D eigenvalue weighted by atomic mass is 16.2. The van der Waals surface area contributed by atoms with Crippen molar-refractivity contribution in [1.82, 2.24) is 25.3 Å². The van der Waals surface area contributed by atoms with Crippen LogP contribution in [0.3, 0.4) is 0 Å². The molecule has 0 aliphatic carbocycles. The molecule has 1 saturated heterocycles. The van der Waals surface area contributed by atoms with E-state index in [0.717, 1.165) is 42.8 Å². The molecule has 4 rings (SSSR count). The Hall–Kier alpha value is -2.96. The van der Waals surface area contributed by atoms with Crippen molar-refractivity contribution in [2.45, 2.75) is 6.42 Å². The van der Waals surface area contributed by atoms with Crippen molar-refractivity contribution in [2.75, 3.05) is 31.1 Å². The molecule has 1 aliphatic rings. The van der Waals surface area contributed by atoms with Crippen molar-refractivity contribution in [3.05, 3.63) is 48.3 Å². The van der Waals surface area contributed by atoms with Crippen LogP contribution in [0.2, 0.25) is 0 Å². The lowest BCUT2D eigenvalue weighted by Gasteiger charge is -2.22. The van der Waals surface area contributed by atoms with Crippen LogP contribution < -0.4 is 4.90 Å². The SMILES string of the molecule is O=C(c1cccc2[nH]ncc12)N1CCCN(c2cccnn2)CC1. The number of aromatic amines is 1. The first-order valence-corrected chi connectivity index (χ1v) is 8.07. The monoisotopic (exact) mass is 322 g/mol. The van der Waals surface area contributed by atoms with Gasteiger partial charge in [-0.05, 0) is 30.7 Å². The van der Waals surface area contributed by atoms with E-state index in [2.05, 4.69) is 25.3 Å². The highest BCUT2D eigenvalue weighted by molar-refractivity contribution is 6.06. The number of carbonyl (C=O) groups excluding carboxylic acids is 1. The standard InChI is InChI=1S/C17H18N6O/c24-17(13-4-1-5-15-14(13)12-19-20-15)23-9-3-8-22(10-11-23)16-6-2-7-18-21-16/h1-2,4-7,12H,3,8-11H2,(H,19,20). The van der Waals surface area contributed by atoms with Crippen molar-refractivity contribution >= 4 is 22.6 Å². The normalized spacial score (nSPS) is 15.5. The molecule has 0 bridgehead atoms. The predicted molar refractivity (Wildman–Crippen MR) is 90.9 cm³/mol. The quantitative estimate of drug-likeness (QED) is 0.777. The van der Waals surface area contributed by atoms with Crippen LogP contribution in [0.25, 0.3) is 10.9 Å². The lowest BCUT2D eigenvalue weighted by molar-refractivity contribution is 0.0769. The predicted octanol–water partition coefficient (Wildman–Crippen LogP) is 1.71. The summed E-state index contributed by atoms with van der Waals surface area (Å²) < 4.78 is 0. The van der Waals surface area contributed by atoms with Crippen LogP contribution in [0.5, 0.6) is 0 Å². The van der Waals surface area contributed by atoms with Gasteiger partial charge >= 0.3 is 0 Å². The fourth-order valence-corrected chi connectivity index (χ4v) is 3.14. The zero-order valence-electron chi connectivity index (χ0n) is 13.2. The summed E-state index contributed by atoms with van der Waals surface area (Å²) in [7, 11) is 0. The molecule has 3 aromatic rings. The zero-order chi connectivity index (χ0) is 16.4. The van der Waals surface area contributed by atoms with E-state index in [4.69, 9.17) is 0 Å². The molecule has 1 amide bonds. The minimum Gasteiger partial charge on any atom is -0.353 e. The fraction of sp³-hybridized carbons (Fsp3) is 0.294. The molecule has 0 saturated carbocycles. The van der Waals surface area contributed by atoms with Crippen LogP contribution in [0.15, 0.2) is 42.7 Å². The Bertz CT molecular complexity index is 846. The molecule has 1 aliphatic heterocycles. The second-order valence-corrected chi connectivity index (χ2v) is 5.85. The van der Waals surface area contributed by atoms with E-state index < -0.39 is 0 Å². The van der Waals surface area contributed by atoms with E-state index in [9.17, 15) is 4.79 Å². The number of aromatic nitrogens is 4. The Balaban J connectivity index is 1.53. The summed E-state index contributed by atoms with van der Waals surface area (Å²) >= 11 is 0. The summed E-state index contributed by atoms with van der Waals surface area (Å²) in [4.78, 5) is 17.0. The molecule has 0 unspecified atom stereocenters. The largest absolute Gasteiger partial charge is 0.353 e. The topological polar surface area (TPSA) is 78.0 Å². The van der Waals surface area contributed by atoms with Gasteiger partial charge in [-0.25, -0.2) is 0 Å². The Morgan fingerprint density at radius 1 is 1.08 bits per heavy atom. The number of H-pyrrole nitrogens is 1. The smallest absolute Gasteiger partial charge is 0.254 e. The maximum Gasteiger partial charge on any atom is 0.254 e. The van der Waals surface area contributed by atoms with Gasteiger partial charge in [0.1, 0.15) is 0 Å². The number of hydrogen-bond acceptors (Lipinski definition) is 5. The van der Waals surface area contributed by atoms with Crippen molar-refractivity contribution in [2.24, 2.45) is 0 Å². The fourth-order valence-electron chi connectivity index (χ4n) is 3.14. The molecule has 1 aromatic carbocycles. The molecule has 0 spiro atoms. The van der Waals surface area contributed by atoms with Gasteiger partial charge < -0.3 is 9.80 Å². The number of nitrogens with zero attached hydrogens (tertiary/aromatic N) is 5. The van der Waals surface area contributed by atoms with Crippen LogP contribution in [0.1, 0.15) is 16.8 Å². The van der Waals surface area contributed by atoms with Crippen molar-refractivity contribution in [3.8, 4) is 0 Å². The molecule has 7 nitrogen and oxygen atoms in total. The second kappa shape index (κ2) is 6.27. The molecule has 0 atom stereocenters. The maximum absolute atomic E-state index is 12.9. The molecule has 2 aromatic heterocycles. The molecular weight excluding hydrogens is 304 g/mol. The molecule has 122 valence electrons. The van der Waals surface area contributed by atoms with Gasteiger partial charge in [-0.3, -0.25) is 9.89 Å². The van der Waals surface area contributed by atoms with Crippen molar-refractivity contribution < 1.29 is 4.79 Å². The van der Waals surface area contributed by atoms with E-state index in [0.29, 0.717) is 12.1 Å². The third-order valence-electron chi connectivity index (χ3n) is 4.38. The minimum atomic E-state index is 0.0583. The van der Waals surface area contributed by atoms with Gasteiger partial charge in [-0.2, -0.15) is 10.2 Å². The first-order chi connectivity index (χ1) is 11.8. The van der Waals surface area contributed by atoms with Crippen LogP contribution in [-0.4, -0.2) is 57.4 Å². The van der Waals surface area contributed by atoms with E-state index in [1.165, 1.54) is 0 Å². The van der Waals surface area contributed by atoms with Gasteiger partial charge in [-0.15, -0.1) is 5.10 Å². The molecular formula is C17H18N6O. The van der Waals surface area contributed by atoms with Crippen molar-refractivity contribution in [3.63, 3.8) is 0 Å². The molecule has 7 heteroatoms. The summed E-state index contributed by atoms with van der Waals surface area (Å²) in [5.74, 6) is 0.923. The lowest BCUT2D eigenvalue weighted by Crippen LogP contribution is -2.35. The van der Waals surface area contributed by atoms with Gasteiger partial charge in [0.15, 0.2) is 5.82 Å². The minimum absolute atomic E-state index is 0.0583. The van der Waals surface area contributed by atoms with Crippen LogP contribution in [-0.2, 0) is 0 Å². The molecule has 3 heterocycles. The summed E-state index contributed by atoms with van der Waals surface area (Å²) in [5, 5.41) is 15.9. The number of nitrogens with one attached hydrogen (secondary N) is 1. The second-order valence-electron chi connectivity index (χ2n) is 5.85. The van der Waals surface area contributed by atoms with Gasteiger partial charge in [0.2, 0.25) is 0 Å². The highest BCUT2D eigenvalue weighted by Gasteiger charge is 2.22. The van der Waals surface area contributed by atoms with E-state index in [1.54, 1.807) is 12.4 Å². The van der Waals surface area contributed by atoms with Crippen LogP contribution in [0.4, 0.5) is 5.82 Å². The first-order valence-electron chi connectivity index (χ1n) is 8.07. The van der Waals surface area contributed by atoms with Gasteiger partial charge in [0.25, 0.3) is 5.91 Å². The lowest BCUT2D eigenvalue weighted by atomic mass is 10.1. The Labute approximate surface area is 139 Å².